The summed E-state index contributed by atoms with van der Waals surface area (Å²) in [5, 5.41) is 0.525. The Balaban J connectivity index is 2.27. The molecule has 62 valence electrons. The van der Waals surface area contributed by atoms with Crippen molar-refractivity contribution in [3.63, 3.8) is 0 Å². The largest absolute Gasteiger partial charge is 0.381 e. The van der Waals surface area contributed by atoms with E-state index in [1.807, 2.05) is 6.92 Å². The highest BCUT2D eigenvalue weighted by Crippen LogP contribution is 2.05. The van der Waals surface area contributed by atoms with Crippen molar-refractivity contribution < 1.29 is 4.74 Å². The Kier molecular flexibility index (Phi) is 3.25. The Bertz CT molecular complexity index is 213. The normalized spacial score (nSPS) is 10.3. The van der Waals surface area contributed by atoms with Crippen LogP contribution in [0, 0.1) is 0 Å². The summed E-state index contributed by atoms with van der Waals surface area (Å²) in [4.78, 5) is 3.99. The van der Waals surface area contributed by atoms with Crippen LogP contribution in [0.4, 0.5) is 5.13 Å². The zero-order valence-corrected chi connectivity index (χ0v) is 7.23. The summed E-state index contributed by atoms with van der Waals surface area (Å²) >= 11 is 1.22. The molecule has 1 heterocycles. The molecular formula is C6H11N3OS. The minimum atomic E-state index is 0.525. The maximum absolute atomic E-state index is 5.39. The first kappa shape index (κ1) is 8.42. The van der Waals surface area contributed by atoms with Crippen LogP contribution in [-0.4, -0.2) is 22.6 Å². The Labute approximate surface area is 69.6 Å². The molecule has 11 heavy (non-hydrogen) atoms. The Morgan fingerprint density at radius 1 is 1.64 bits per heavy atom. The Morgan fingerprint density at radius 3 is 3.00 bits per heavy atom. The standard InChI is InChI=1S/C6H11N3OS/c1-2-10-4-3-5-8-6(7)11-9-5/h2-4H2,1H3,(H2,7,8,9). The van der Waals surface area contributed by atoms with Gasteiger partial charge in [0.15, 0.2) is 5.13 Å². The fraction of sp³-hybridized carbons (Fsp3) is 0.667. The molecule has 0 aliphatic carbocycles. The van der Waals surface area contributed by atoms with Crippen LogP contribution in [0.15, 0.2) is 0 Å². The fourth-order valence-electron chi connectivity index (χ4n) is 0.677. The molecule has 0 aliphatic rings. The van der Waals surface area contributed by atoms with E-state index in [0.29, 0.717) is 11.7 Å². The maximum atomic E-state index is 5.39. The lowest BCUT2D eigenvalue weighted by molar-refractivity contribution is 0.150. The highest BCUT2D eigenvalue weighted by molar-refractivity contribution is 7.09. The van der Waals surface area contributed by atoms with E-state index in [9.17, 15) is 0 Å². The molecule has 0 aliphatic heterocycles. The Morgan fingerprint density at radius 2 is 2.45 bits per heavy atom. The monoisotopic (exact) mass is 173 g/mol. The molecular weight excluding hydrogens is 162 g/mol. The average Bonchev–Trinajstić information content (AvgIpc) is 2.37. The summed E-state index contributed by atoms with van der Waals surface area (Å²) in [5.74, 6) is 0.779. The molecule has 1 aromatic rings. The van der Waals surface area contributed by atoms with E-state index in [-0.39, 0.29) is 0 Å². The minimum Gasteiger partial charge on any atom is -0.381 e. The van der Waals surface area contributed by atoms with Gasteiger partial charge >= 0.3 is 0 Å². The lowest BCUT2D eigenvalue weighted by atomic mass is 10.4. The predicted octanol–water partition coefficient (Wildman–Crippen LogP) is 0.699. The van der Waals surface area contributed by atoms with Gasteiger partial charge in [0, 0.05) is 24.6 Å². The summed E-state index contributed by atoms with van der Waals surface area (Å²) in [6.45, 7) is 3.37. The minimum absolute atomic E-state index is 0.525. The van der Waals surface area contributed by atoms with E-state index in [1.165, 1.54) is 11.5 Å². The number of hydrogen-bond acceptors (Lipinski definition) is 5. The van der Waals surface area contributed by atoms with Gasteiger partial charge in [-0.2, -0.15) is 4.37 Å². The van der Waals surface area contributed by atoms with Crippen molar-refractivity contribution in [2.24, 2.45) is 0 Å². The van der Waals surface area contributed by atoms with Gasteiger partial charge in [0.1, 0.15) is 5.82 Å². The van der Waals surface area contributed by atoms with Crippen molar-refractivity contribution >= 4 is 16.7 Å². The first-order valence-electron chi connectivity index (χ1n) is 3.48. The molecule has 0 aromatic carbocycles. The van der Waals surface area contributed by atoms with E-state index in [0.717, 1.165) is 18.9 Å². The number of hydrogen-bond donors (Lipinski definition) is 1. The van der Waals surface area contributed by atoms with Crippen molar-refractivity contribution in [2.45, 2.75) is 13.3 Å². The third-order valence-corrected chi connectivity index (χ3v) is 1.74. The SMILES string of the molecule is CCOCCc1nsc(N)n1. The highest BCUT2D eigenvalue weighted by atomic mass is 32.1. The molecule has 0 amide bonds. The van der Waals surface area contributed by atoms with Crippen molar-refractivity contribution in [3.05, 3.63) is 5.82 Å². The van der Waals surface area contributed by atoms with Crippen LogP contribution in [0.2, 0.25) is 0 Å². The van der Waals surface area contributed by atoms with Crippen molar-refractivity contribution in [3.8, 4) is 0 Å². The number of nitrogen functional groups attached to an aromatic ring is 1. The summed E-state index contributed by atoms with van der Waals surface area (Å²) in [6.07, 6.45) is 0.752. The van der Waals surface area contributed by atoms with E-state index in [2.05, 4.69) is 9.36 Å². The first-order chi connectivity index (χ1) is 5.33. The molecule has 2 N–H and O–H groups in total. The molecule has 0 saturated carbocycles. The molecule has 1 aromatic heterocycles. The molecule has 0 unspecified atom stereocenters. The zero-order chi connectivity index (χ0) is 8.10. The van der Waals surface area contributed by atoms with Gasteiger partial charge in [0.25, 0.3) is 0 Å². The quantitative estimate of drug-likeness (QED) is 0.681. The van der Waals surface area contributed by atoms with Gasteiger partial charge in [0.05, 0.1) is 6.61 Å². The number of nitrogens with two attached hydrogens (primary N) is 1. The summed E-state index contributed by atoms with van der Waals surface area (Å²) < 4.78 is 9.14. The number of ether oxygens (including phenoxy) is 1. The predicted molar refractivity (Wildman–Crippen MR) is 44.5 cm³/mol. The van der Waals surface area contributed by atoms with E-state index >= 15 is 0 Å². The van der Waals surface area contributed by atoms with Crippen LogP contribution >= 0.6 is 11.5 Å². The molecule has 5 heteroatoms. The number of nitrogens with zero attached hydrogens (tertiary/aromatic N) is 2. The van der Waals surface area contributed by atoms with Gasteiger partial charge in [0.2, 0.25) is 0 Å². The number of aromatic nitrogens is 2. The first-order valence-corrected chi connectivity index (χ1v) is 4.26. The van der Waals surface area contributed by atoms with Gasteiger partial charge < -0.3 is 10.5 Å². The molecule has 1 rings (SSSR count). The third-order valence-electron chi connectivity index (χ3n) is 1.16. The van der Waals surface area contributed by atoms with Crippen molar-refractivity contribution in [1.29, 1.82) is 0 Å². The average molecular weight is 173 g/mol. The van der Waals surface area contributed by atoms with Crippen LogP contribution in [0.1, 0.15) is 12.7 Å². The number of rotatable bonds is 4. The van der Waals surface area contributed by atoms with Crippen molar-refractivity contribution in [2.75, 3.05) is 18.9 Å². The second kappa shape index (κ2) is 4.25. The molecule has 4 nitrogen and oxygen atoms in total. The summed E-state index contributed by atoms with van der Waals surface area (Å²) in [6, 6.07) is 0. The van der Waals surface area contributed by atoms with E-state index in [1.54, 1.807) is 0 Å². The highest BCUT2D eigenvalue weighted by Gasteiger charge is 1.99. The molecule has 0 saturated heterocycles. The summed E-state index contributed by atoms with van der Waals surface area (Å²) in [5.41, 5.74) is 5.39. The van der Waals surface area contributed by atoms with E-state index < -0.39 is 0 Å². The van der Waals surface area contributed by atoms with Crippen LogP contribution in [-0.2, 0) is 11.2 Å². The van der Waals surface area contributed by atoms with E-state index in [4.69, 9.17) is 10.5 Å². The van der Waals surface area contributed by atoms with Gasteiger partial charge in [-0.05, 0) is 6.92 Å². The summed E-state index contributed by atoms with van der Waals surface area (Å²) in [7, 11) is 0. The van der Waals surface area contributed by atoms with Gasteiger partial charge in [-0.3, -0.25) is 0 Å². The second-order valence-corrected chi connectivity index (χ2v) is 2.78. The zero-order valence-electron chi connectivity index (χ0n) is 6.41. The Hall–Kier alpha value is -0.680. The third kappa shape index (κ3) is 2.81. The topological polar surface area (TPSA) is 61.0 Å². The molecule has 0 atom stereocenters. The van der Waals surface area contributed by atoms with Crippen LogP contribution in [0.5, 0.6) is 0 Å². The lowest BCUT2D eigenvalue weighted by Crippen LogP contribution is -1.99. The molecule has 0 bridgehead atoms. The smallest absolute Gasteiger partial charge is 0.199 e. The van der Waals surface area contributed by atoms with Gasteiger partial charge in [-0.1, -0.05) is 0 Å². The molecule has 0 radical (unpaired) electrons. The maximum Gasteiger partial charge on any atom is 0.199 e. The van der Waals surface area contributed by atoms with Crippen LogP contribution in [0.3, 0.4) is 0 Å². The lowest BCUT2D eigenvalue weighted by Gasteiger charge is -1.95. The fourth-order valence-corrected chi connectivity index (χ4v) is 1.15. The van der Waals surface area contributed by atoms with Crippen LogP contribution in [0.25, 0.3) is 0 Å². The van der Waals surface area contributed by atoms with Gasteiger partial charge in [-0.15, -0.1) is 0 Å². The van der Waals surface area contributed by atoms with Crippen LogP contribution < -0.4 is 5.73 Å². The molecule has 0 spiro atoms. The molecule has 0 fully saturated rings. The van der Waals surface area contributed by atoms with Gasteiger partial charge in [-0.25, -0.2) is 4.98 Å². The number of anilines is 1. The second-order valence-electron chi connectivity index (χ2n) is 2.00. The van der Waals surface area contributed by atoms with Crippen molar-refractivity contribution in [1.82, 2.24) is 9.36 Å².